The summed E-state index contributed by atoms with van der Waals surface area (Å²) in [5.41, 5.74) is 1.12. The zero-order valence-corrected chi connectivity index (χ0v) is 17.9. The van der Waals surface area contributed by atoms with Gasteiger partial charge in [0.05, 0.1) is 6.54 Å². The van der Waals surface area contributed by atoms with Crippen molar-refractivity contribution in [1.82, 2.24) is 9.78 Å². The summed E-state index contributed by atoms with van der Waals surface area (Å²) in [6.45, 7) is 0.439. The van der Waals surface area contributed by atoms with Gasteiger partial charge in [0.2, 0.25) is 0 Å². The second-order valence-electron chi connectivity index (χ2n) is 7.62. The zero-order chi connectivity index (χ0) is 23.5. The molecule has 8 heteroatoms. The molecule has 1 N–H and O–H groups in total. The minimum absolute atomic E-state index is 0.0572. The van der Waals surface area contributed by atoms with Crippen molar-refractivity contribution < 1.29 is 22.7 Å². The summed E-state index contributed by atoms with van der Waals surface area (Å²) in [7, 11) is 0. The molecule has 0 unspecified atom stereocenters. The maximum Gasteiger partial charge on any atom is 0.292 e. The van der Waals surface area contributed by atoms with Crippen LogP contribution in [0.5, 0.6) is 5.75 Å². The molecule has 2 heterocycles. The molecule has 5 aromatic rings. The molecule has 0 radical (unpaired) electrons. The molecule has 0 atom stereocenters. The maximum atomic E-state index is 13.7. The number of nitrogens with one attached hydrogen (secondary N) is 1. The summed E-state index contributed by atoms with van der Waals surface area (Å²) in [6.07, 6.45) is 1.79. The number of anilines is 1. The smallest absolute Gasteiger partial charge is 0.292 e. The van der Waals surface area contributed by atoms with Crippen LogP contribution in [0.3, 0.4) is 0 Å². The van der Waals surface area contributed by atoms with Crippen LogP contribution in [-0.2, 0) is 13.2 Å². The van der Waals surface area contributed by atoms with Gasteiger partial charge in [0, 0.05) is 18.3 Å². The number of fused-ring (bicyclic) bond motifs is 1. The Bertz CT molecular complexity index is 1470. The van der Waals surface area contributed by atoms with Gasteiger partial charge in [0.1, 0.15) is 18.2 Å². The van der Waals surface area contributed by atoms with Gasteiger partial charge < -0.3 is 14.5 Å². The molecule has 0 fully saturated rings. The molecule has 0 bridgehead atoms. The third-order valence-electron chi connectivity index (χ3n) is 5.24. The lowest BCUT2D eigenvalue weighted by Gasteiger charge is -2.07. The van der Waals surface area contributed by atoms with E-state index in [2.05, 4.69) is 28.6 Å². The lowest BCUT2D eigenvalue weighted by atomic mass is 10.0. The van der Waals surface area contributed by atoms with Crippen molar-refractivity contribution in [3.63, 3.8) is 0 Å². The van der Waals surface area contributed by atoms with Gasteiger partial charge in [0.25, 0.3) is 5.91 Å². The van der Waals surface area contributed by atoms with Crippen molar-refractivity contribution in [2.45, 2.75) is 13.2 Å². The highest BCUT2D eigenvalue weighted by atomic mass is 19.1. The van der Waals surface area contributed by atoms with Crippen LogP contribution in [0.1, 0.15) is 21.9 Å². The number of ether oxygens (including phenoxy) is 1. The van der Waals surface area contributed by atoms with Crippen molar-refractivity contribution in [2.75, 3.05) is 5.32 Å². The third kappa shape index (κ3) is 4.66. The van der Waals surface area contributed by atoms with Crippen molar-refractivity contribution >= 4 is 22.5 Å². The SMILES string of the molecule is O=C(Nc1ccn(Cc2cccc3ccccc23)n1)c1ccc(COc2ccc(F)cc2F)o1. The molecule has 34 heavy (non-hydrogen) atoms. The molecule has 0 saturated carbocycles. The molecule has 5 rings (SSSR count). The predicted octanol–water partition coefficient (Wildman–Crippen LogP) is 5.79. The average molecular weight is 459 g/mol. The summed E-state index contributed by atoms with van der Waals surface area (Å²) in [5.74, 6) is -1.34. The number of rotatable bonds is 7. The first-order valence-electron chi connectivity index (χ1n) is 10.5. The van der Waals surface area contributed by atoms with Crippen LogP contribution in [0, 0.1) is 11.6 Å². The molecule has 0 aliphatic heterocycles. The van der Waals surface area contributed by atoms with Crippen molar-refractivity contribution in [3.05, 3.63) is 114 Å². The fourth-order valence-corrected chi connectivity index (χ4v) is 3.62. The number of amides is 1. The van der Waals surface area contributed by atoms with Crippen LogP contribution >= 0.6 is 0 Å². The monoisotopic (exact) mass is 459 g/mol. The van der Waals surface area contributed by atoms with E-state index in [1.165, 1.54) is 12.1 Å². The van der Waals surface area contributed by atoms with Crippen LogP contribution in [0.2, 0.25) is 0 Å². The summed E-state index contributed by atoms with van der Waals surface area (Å²) < 4.78 is 39.2. The fourth-order valence-electron chi connectivity index (χ4n) is 3.62. The van der Waals surface area contributed by atoms with Gasteiger partial charge in [0.15, 0.2) is 23.1 Å². The van der Waals surface area contributed by atoms with Gasteiger partial charge >= 0.3 is 0 Å². The van der Waals surface area contributed by atoms with Gasteiger partial charge in [-0.15, -0.1) is 0 Å². The van der Waals surface area contributed by atoms with Crippen LogP contribution in [0.4, 0.5) is 14.6 Å². The Labute approximate surface area is 193 Å². The number of furan rings is 1. The standard InChI is InChI=1S/C26H19F2N3O3/c27-19-8-10-23(22(28)14-19)33-16-20-9-11-24(34-20)26(32)29-25-12-13-31(30-25)15-18-6-3-5-17-4-1-2-7-21(17)18/h1-14H,15-16H2,(H,29,30,32). The predicted molar refractivity (Wildman–Crippen MR) is 123 cm³/mol. The van der Waals surface area contributed by atoms with Gasteiger partial charge in [-0.2, -0.15) is 5.10 Å². The van der Waals surface area contributed by atoms with Crippen molar-refractivity contribution in [2.24, 2.45) is 0 Å². The molecule has 170 valence electrons. The number of halogens is 2. The summed E-state index contributed by atoms with van der Waals surface area (Å²) in [5, 5.41) is 9.42. The highest BCUT2D eigenvalue weighted by Gasteiger charge is 2.14. The molecule has 0 spiro atoms. The minimum atomic E-state index is -0.816. The maximum absolute atomic E-state index is 13.7. The number of benzene rings is 3. The van der Waals surface area contributed by atoms with Crippen LogP contribution in [-0.4, -0.2) is 15.7 Å². The lowest BCUT2D eigenvalue weighted by Crippen LogP contribution is -2.12. The van der Waals surface area contributed by atoms with Gasteiger partial charge in [-0.05, 0) is 40.6 Å². The molecule has 2 aromatic heterocycles. The Morgan fingerprint density at radius 1 is 1.00 bits per heavy atom. The molecular weight excluding hydrogens is 440 g/mol. The Hall–Kier alpha value is -4.46. The Balaban J connectivity index is 1.21. The summed E-state index contributed by atoms with van der Waals surface area (Å²) in [4.78, 5) is 12.5. The van der Waals surface area contributed by atoms with Gasteiger partial charge in [-0.25, -0.2) is 8.78 Å². The van der Waals surface area contributed by atoms with E-state index in [-0.39, 0.29) is 18.1 Å². The van der Waals surface area contributed by atoms with E-state index in [1.54, 1.807) is 23.0 Å². The molecule has 0 saturated heterocycles. The topological polar surface area (TPSA) is 69.3 Å². The van der Waals surface area contributed by atoms with Crippen molar-refractivity contribution in [1.29, 1.82) is 0 Å². The Kier molecular flexibility index (Phi) is 5.78. The van der Waals surface area contributed by atoms with E-state index in [0.29, 0.717) is 18.1 Å². The Morgan fingerprint density at radius 2 is 1.85 bits per heavy atom. The van der Waals surface area contributed by atoms with E-state index in [9.17, 15) is 13.6 Å². The number of nitrogens with zero attached hydrogens (tertiary/aromatic N) is 2. The summed E-state index contributed by atoms with van der Waals surface area (Å²) >= 11 is 0. The highest BCUT2D eigenvalue weighted by Crippen LogP contribution is 2.21. The first kappa shape index (κ1) is 21.4. The van der Waals surface area contributed by atoms with Crippen LogP contribution in [0.25, 0.3) is 10.8 Å². The molecule has 6 nitrogen and oxygen atoms in total. The Morgan fingerprint density at radius 3 is 2.74 bits per heavy atom. The number of carbonyl (C=O) groups excluding carboxylic acids is 1. The number of hydrogen-bond donors (Lipinski definition) is 1. The minimum Gasteiger partial charge on any atom is -0.483 e. The average Bonchev–Trinajstić information content (AvgIpc) is 3.48. The normalized spacial score (nSPS) is 11.0. The molecule has 0 aliphatic carbocycles. The molecule has 3 aromatic carbocycles. The molecule has 1 amide bonds. The number of hydrogen-bond acceptors (Lipinski definition) is 4. The molecule has 0 aliphatic rings. The fraction of sp³-hybridized carbons (Fsp3) is 0.0769. The largest absolute Gasteiger partial charge is 0.483 e. The van der Waals surface area contributed by atoms with Gasteiger partial charge in [-0.3, -0.25) is 9.48 Å². The van der Waals surface area contributed by atoms with E-state index < -0.39 is 17.5 Å². The van der Waals surface area contributed by atoms with Crippen LogP contribution < -0.4 is 10.1 Å². The first-order valence-corrected chi connectivity index (χ1v) is 10.5. The van der Waals surface area contributed by atoms with Crippen LogP contribution in [0.15, 0.2) is 89.5 Å². The second-order valence-corrected chi connectivity index (χ2v) is 7.62. The number of aromatic nitrogens is 2. The zero-order valence-electron chi connectivity index (χ0n) is 17.9. The number of carbonyl (C=O) groups is 1. The van der Waals surface area contributed by atoms with E-state index >= 15 is 0 Å². The van der Waals surface area contributed by atoms with Gasteiger partial charge in [-0.1, -0.05) is 42.5 Å². The van der Waals surface area contributed by atoms with E-state index in [4.69, 9.17) is 9.15 Å². The summed E-state index contributed by atoms with van der Waals surface area (Å²) in [6, 6.07) is 22.0. The van der Waals surface area contributed by atoms with Crippen molar-refractivity contribution in [3.8, 4) is 5.75 Å². The first-order chi connectivity index (χ1) is 16.5. The third-order valence-corrected chi connectivity index (χ3v) is 5.24. The lowest BCUT2D eigenvalue weighted by molar-refractivity contribution is 0.0992. The second kappa shape index (κ2) is 9.19. The highest BCUT2D eigenvalue weighted by molar-refractivity contribution is 6.01. The molecular formula is C26H19F2N3O3. The quantitative estimate of drug-likeness (QED) is 0.335. The van der Waals surface area contributed by atoms with E-state index in [1.807, 2.05) is 24.3 Å². The van der Waals surface area contributed by atoms with E-state index in [0.717, 1.165) is 28.5 Å².